The van der Waals surface area contributed by atoms with Crippen LogP contribution >= 0.6 is 27.3 Å². The van der Waals surface area contributed by atoms with Crippen LogP contribution < -0.4 is 14.8 Å². The Hall–Kier alpha value is -1.34. The van der Waals surface area contributed by atoms with E-state index in [2.05, 4.69) is 38.4 Å². The lowest BCUT2D eigenvalue weighted by molar-refractivity contribution is 0.354. The van der Waals surface area contributed by atoms with Gasteiger partial charge in [0.1, 0.15) is 5.01 Å². The predicted octanol–water partition coefficient (Wildman–Crippen LogP) is 3.49. The highest BCUT2D eigenvalue weighted by atomic mass is 79.9. The molecule has 0 bridgehead atoms. The highest BCUT2D eigenvalue weighted by Crippen LogP contribution is 2.33. The fourth-order valence-electron chi connectivity index (χ4n) is 1.67. The number of anilines is 1. The first kappa shape index (κ1) is 15.1. The largest absolute Gasteiger partial charge is 0.493 e. The smallest absolute Gasteiger partial charge is 0.205 e. The van der Waals surface area contributed by atoms with E-state index in [0.717, 1.165) is 26.6 Å². The van der Waals surface area contributed by atoms with Gasteiger partial charge in [-0.15, -0.1) is 10.2 Å². The molecule has 1 aromatic carbocycles. The molecule has 0 unspecified atom stereocenters. The summed E-state index contributed by atoms with van der Waals surface area (Å²) in [7, 11) is 3.25. The normalized spacial score (nSPS) is 10.4. The van der Waals surface area contributed by atoms with Gasteiger partial charge in [-0.3, -0.25) is 0 Å². The van der Waals surface area contributed by atoms with Crippen LogP contribution in [0, 0.1) is 0 Å². The van der Waals surface area contributed by atoms with Crippen LogP contribution in [0.25, 0.3) is 0 Å². The maximum Gasteiger partial charge on any atom is 0.205 e. The molecule has 1 heterocycles. The van der Waals surface area contributed by atoms with Gasteiger partial charge in [-0.2, -0.15) is 0 Å². The summed E-state index contributed by atoms with van der Waals surface area (Å²) >= 11 is 5.11. The molecule has 7 heteroatoms. The highest BCUT2D eigenvalue weighted by molar-refractivity contribution is 9.10. The number of rotatable bonds is 6. The molecule has 1 N–H and O–H groups in total. The van der Waals surface area contributed by atoms with E-state index in [-0.39, 0.29) is 0 Å². The van der Waals surface area contributed by atoms with E-state index in [9.17, 15) is 0 Å². The van der Waals surface area contributed by atoms with Crippen molar-refractivity contribution >= 4 is 32.4 Å². The number of hydrogen-bond acceptors (Lipinski definition) is 6. The minimum atomic E-state index is 0.638. The molecule has 0 aliphatic rings. The second-order valence-electron chi connectivity index (χ2n) is 4.01. The third-order valence-corrected chi connectivity index (χ3v) is 4.52. The summed E-state index contributed by atoms with van der Waals surface area (Å²) < 4.78 is 11.5. The number of aromatic nitrogens is 2. The molecule has 0 atom stereocenters. The SMILES string of the molecule is CCc1nnc(NCc2cc(OC)c(OC)cc2Br)s1. The van der Waals surface area contributed by atoms with Crippen molar-refractivity contribution in [3.8, 4) is 11.5 Å². The maximum absolute atomic E-state index is 5.31. The Kier molecular flexibility index (Phi) is 5.19. The van der Waals surface area contributed by atoms with E-state index in [0.29, 0.717) is 18.0 Å². The molecule has 0 saturated heterocycles. The van der Waals surface area contributed by atoms with Crippen molar-refractivity contribution in [2.75, 3.05) is 19.5 Å². The summed E-state index contributed by atoms with van der Waals surface area (Å²) in [5.41, 5.74) is 1.07. The van der Waals surface area contributed by atoms with Gasteiger partial charge in [-0.25, -0.2) is 0 Å². The van der Waals surface area contributed by atoms with Crippen molar-refractivity contribution < 1.29 is 9.47 Å². The second kappa shape index (κ2) is 6.90. The van der Waals surface area contributed by atoms with Crippen LogP contribution in [-0.2, 0) is 13.0 Å². The molecule has 2 aromatic rings. The zero-order chi connectivity index (χ0) is 14.5. The summed E-state index contributed by atoms with van der Waals surface area (Å²) in [6.07, 6.45) is 0.902. The van der Waals surface area contributed by atoms with Gasteiger partial charge in [0.15, 0.2) is 11.5 Å². The number of benzene rings is 1. The number of ether oxygens (including phenoxy) is 2. The lowest BCUT2D eigenvalue weighted by Crippen LogP contribution is -2.01. The van der Waals surface area contributed by atoms with Crippen molar-refractivity contribution in [3.63, 3.8) is 0 Å². The van der Waals surface area contributed by atoms with Crippen molar-refractivity contribution in [1.82, 2.24) is 10.2 Å². The Labute approximate surface area is 130 Å². The fourth-order valence-corrected chi connectivity index (χ4v) is 2.81. The summed E-state index contributed by atoms with van der Waals surface area (Å²) in [6, 6.07) is 3.84. The van der Waals surface area contributed by atoms with E-state index >= 15 is 0 Å². The number of methoxy groups -OCH3 is 2. The van der Waals surface area contributed by atoms with Gasteiger partial charge >= 0.3 is 0 Å². The summed E-state index contributed by atoms with van der Waals surface area (Å²) in [5.74, 6) is 1.41. The molecule has 108 valence electrons. The summed E-state index contributed by atoms with van der Waals surface area (Å²) in [5, 5.41) is 13.3. The van der Waals surface area contributed by atoms with E-state index in [1.54, 1.807) is 25.6 Å². The molecule has 2 rings (SSSR count). The second-order valence-corrected chi connectivity index (χ2v) is 5.92. The van der Waals surface area contributed by atoms with Crippen molar-refractivity contribution in [1.29, 1.82) is 0 Å². The van der Waals surface area contributed by atoms with E-state index < -0.39 is 0 Å². The van der Waals surface area contributed by atoms with Crippen LogP contribution in [0.3, 0.4) is 0 Å². The monoisotopic (exact) mass is 357 g/mol. The predicted molar refractivity (Wildman–Crippen MR) is 83.9 cm³/mol. The molecule has 0 fully saturated rings. The van der Waals surface area contributed by atoms with Gasteiger partial charge in [0.05, 0.1) is 14.2 Å². The first-order valence-electron chi connectivity index (χ1n) is 6.14. The van der Waals surface area contributed by atoms with Crippen LogP contribution in [0.5, 0.6) is 11.5 Å². The molecular formula is C13H16BrN3O2S. The standard InChI is InChI=1S/C13H16BrN3O2S/c1-4-12-16-17-13(20-12)15-7-8-5-10(18-2)11(19-3)6-9(8)14/h5-6H,4,7H2,1-3H3,(H,15,17). The first-order valence-corrected chi connectivity index (χ1v) is 7.75. The topological polar surface area (TPSA) is 56.3 Å². The van der Waals surface area contributed by atoms with Crippen LogP contribution in [0.4, 0.5) is 5.13 Å². The van der Waals surface area contributed by atoms with Gasteiger partial charge in [0.2, 0.25) is 5.13 Å². The Balaban J connectivity index is 2.12. The maximum atomic E-state index is 5.31. The fraction of sp³-hybridized carbons (Fsp3) is 0.385. The average molecular weight is 358 g/mol. The third kappa shape index (κ3) is 3.40. The van der Waals surface area contributed by atoms with Gasteiger partial charge < -0.3 is 14.8 Å². The molecular weight excluding hydrogens is 342 g/mol. The summed E-state index contributed by atoms with van der Waals surface area (Å²) in [6.45, 7) is 2.70. The molecule has 20 heavy (non-hydrogen) atoms. The van der Waals surface area contributed by atoms with Gasteiger partial charge in [0.25, 0.3) is 0 Å². The molecule has 0 spiro atoms. The molecule has 0 aliphatic carbocycles. The van der Waals surface area contributed by atoms with Gasteiger partial charge in [-0.1, -0.05) is 34.2 Å². The Bertz CT molecular complexity index is 589. The van der Waals surface area contributed by atoms with E-state index in [1.807, 2.05) is 12.1 Å². The minimum Gasteiger partial charge on any atom is -0.493 e. The lowest BCUT2D eigenvalue weighted by atomic mass is 10.2. The Morgan fingerprint density at radius 2 is 1.90 bits per heavy atom. The molecule has 1 aromatic heterocycles. The van der Waals surface area contributed by atoms with Crippen molar-refractivity contribution in [2.24, 2.45) is 0 Å². The molecule has 0 saturated carbocycles. The number of aryl methyl sites for hydroxylation is 1. The minimum absolute atomic E-state index is 0.638. The zero-order valence-electron chi connectivity index (χ0n) is 11.6. The Morgan fingerprint density at radius 3 is 2.50 bits per heavy atom. The number of halogens is 1. The first-order chi connectivity index (χ1) is 9.67. The molecule has 0 radical (unpaired) electrons. The number of hydrogen-bond donors (Lipinski definition) is 1. The average Bonchev–Trinajstić information content (AvgIpc) is 2.93. The van der Waals surface area contributed by atoms with Gasteiger partial charge in [-0.05, 0) is 24.1 Å². The van der Waals surface area contributed by atoms with Gasteiger partial charge in [0, 0.05) is 11.0 Å². The number of nitrogens with one attached hydrogen (secondary N) is 1. The summed E-state index contributed by atoms with van der Waals surface area (Å²) in [4.78, 5) is 0. The van der Waals surface area contributed by atoms with Crippen molar-refractivity contribution in [2.45, 2.75) is 19.9 Å². The lowest BCUT2D eigenvalue weighted by Gasteiger charge is -2.12. The third-order valence-electron chi connectivity index (χ3n) is 2.75. The van der Waals surface area contributed by atoms with E-state index in [1.165, 1.54) is 0 Å². The molecule has 0 amide bonds. The van der Waals surface area contributed by atoms with Crippen molar-refractivity contribution in [3.05, 3.63) is 27.2 Å². The Morgan fingerprint density at radius 1 is 1.20 bits per heavy atom. The van der Waals surface area contributed by atoms with Crippen LogP contribution in [0.2, 0.25) is 0 Å². The quantitative estimate of drug-likeness (QED) is 0.857. The van der Waals surface area contributed by atoms with Crippen LogP contribution in [0.15, 0.2) is 16.6 Å². The molecule has 5 nitrogen and oxygen atoms in total. The van der Waals surface area contributed by atoms with E-state index in [4.69, 9.17) is 9.47 Å². The van der Waals surface area contributed by atoms with Crippen LogP contribution in [0.1, 0.15) is 17.5 Å². The number of nitrogens with zero attached hydrogens (tertiary/aromatic N) is 2. The van der Waals surface area contributed by atoms with Crippen LogP contribution in [-0.4, -0.2) is 24.4 Å². The zero-order valence-corrected chi connectivity index (χ0v) is 14.0. The molecule has 0 aliphatic heterocycles. The highest BCUT2D eigenvalue weighted by Gasteiger charge is 2.10.